The summed E-state index contributed by atoms with van der Waals surface area (Å²) in [5, 5.41) is 3.29. The molecule has 0 saturated carbocycles. The molecule has 1 aromatic rings. The molecule has 1 fully saturated rings. The predicted octanol–water partition coefficient (Wildman–Crippen LogP) is 1.80. The molecule has 0 spiro atoms. The van der Waals surface area contributed by atoms with E-state index < -0.39 is 0 Å². The van der Waals surface area contributed by atoms with Crippen molar-refractivity contribution in [3.63, 3.8) is 0 Å². The topological polar surface area (TPSA) is 29.1 Å². The van der Waals surface area contributed by atoms with E-state index in [1.54, 1.807) is 0 Å². The number of hydrogen-bond acceptors (Lipinski definition) is 2. The summed E-state index contributed by atoms with van der Waals surface area (Å²) in [7, 11) is 0. The fraction of sp³-hybridized carbons (Fsp3) is 0.462. The van der Waals surface area contributed by atoms with E-state index in [9.17, 15) is 4.79 Å². The van der Waals surface area contributed by atoms with E-state index in [0.29, 0.717) is 18.1 Å². The Balaban J connectivity index is 1.82. The Kier molecular flexibility index (Phi) is 3.51. The van der Waals surface area contributed by atoms with E-state index >= 15 is 0 Å². The summed E-state index contributed by atoms with van der Waals surface area (Å²) in [5.41, 5.74) is 1.13. The van der Waals surface area contributed by atoms with Gasteiger partial charge >= 0.3 is 0 Å². The van der Waals surface area contributed by atoms with Gasteiger partial charge in [0.2, 0.25) is 0 Å². The summed E-state index contributed by atoms with van der Waals surface area (Å²) in [6.07, 6.45) is 2.49. The van der Waals surface area contributed by atoms with Gasteiger partial charge in [0.25, 0.3) is 0 Å². The van der Waals surface area contributed by atoms with Gasteiger partial charge in [0.05, 0.1) is 0 Å². The van der Waals surface area contributed by atoms with Crippen LogP contribution in [0, 0.1) is 5.92 Å². The third-order valence-corrected chi connectivity index (χ3v) is 2.92. The molecular weight excluding hydrogens is 186 g/mol. The van der Waals surface area contributed by atoms with Crippen molar-refractivity contribution in [2.75, 3.05) is 13.1 Å². The summed E-state index contributed by atoms with van der Waals surface area (Å²) in [6, 6.07) is 9.99. The van der Waals surface area contributed by atoms with Gasteiger partial charge in [-0.25, -0.2) is 0 Å². The van der Waals surface area contributed by atoms with Gasteiger partial charge in [-0.1, -0.05) is 30.3 Å². The number of rotatable bonds is 4. The van der Waals surface area contributed by atoms with Gasteiger partial charge < -0.3 is 5.32 Å². The number of hydrogen-bond donors (Lipinski definition) is 1. The van der Waals surface area contributed by atoms with Crippen molar-refractivity contribution in [3.8, 4) is 0 Å². The van der Waals surface area contributed by atoms with Gasteiger partial charge in [0.1, 0.15) is 5.78 Å². The summed E-state index contributed by atoms with van der Waals surface area (Å²) in [6.45, 7) is 2.09. The second-order valence-electron chi connectivity index (χ2n) is 4.26. The van der Waals surface area contributed by atoms with E-state index in [1.807, 2.05) is 30.3 Å². The third-order valence-electron chi connectivity index (χ3n) is 2.92. The lowest BCUT2D eigenvalue weighted by Crippen LogP contribution is -2.14. The maximum absolute atomic E-state index is 11.7. The van der Waals surface area contributed by atoms with Crippen molar-refractivity contribution < 1.29 is 4.79 Å². The van der Waals surface area contributed by atoms with Gasteiger partial charge in [-0.15, -0.1) is 0 Å². The Morgan fingerprint density at radius 1 is 1.33 bits per heavy atom. The van der Waals surface area contributed by atoms with Gasteiger partial charge in [-0.05, 0) is 31.0 Å². The average molecular weight is 203 g/mol. The quantitative estimate of drug-likeness (QED) is 0.808. The van der Waals surface area contributed by atoms with Crippen LogP contribution < -0.4 is 5.32 Å². The molecule has 2 rings (SSSR count). The van der Waals surface area contributed by atoms with E-state index in [4.69, 9.17) is 0 Å². The Hall–Kier alpha value is -1.15. The van der Waals surface area contributed by atoms with Gasteiger partial charge in [0, 0.05) is 12.8 Å². The van der Waals surface area contributed by atoms with E-state index in [-0.39, 0.29) is 0 Å². The SMILES string of the molecule is O=C(Cc1ccccc1)CC1CCNC1. The van der Waals surface area contributed by atoms with Crippen LogP contribution in [-0.2, 0) is 11.2 Å². The molecule has 0 amide bonds. The van der Waals surface area contributed by atoms with Crippen LogP contribution in [0.15, 0.2) is 30.3 Å². The van der Waals surface area contributed by atoms with E-state index in [0.717, 1.165) is 31.5 Å². The number of carbonyl (C=O) groups excluding carboxylic acids is 1. The monoisotopic (exact) mass is 203 g/mol. The van der Waals surface area contributed by atoms with Crippen LogP contribution in [0.2, 0.25) is 0 Å². The first-order valence-electron chi connectivity index (χ1n) is 5.61. The molecule has 1 N–H and O–H groups in total. The molecule has 80 valence electrons. The number of Topliss-reactive ketones (excluding diaryl/α,β-unsaturated/α-hetero) is 1. The smallest absolute Gasteiger partial charge is 0.137 e. The standard InChI is InChI=1S/C13H17NO/c15-13(9-12-6-7-14-10-12)8-11-4-2-1-3-5-11/h1-5,12,14H,6-10H2. The molecule has 1 aromatic carbocycles. The fourth-order valence-electron chi connectivity index (χ4n) is 2.11. The Morgan fingerprint density at radius 2 is 2.13 bits per heavy atom. The lowest BCUT2D eigenvalue weighted by molar-refractivity contribution is -0.119. The molecule has 1 aliphatic rings. The molecule has 1 heterocycles. The van der Waals surface area contributed by atoms with E-state index in [2.05, 4.69) is 5.32 Å². The molecule has 0 bridgehead atoms. The molecule has 1 atom stereocenters. The summed E-state index contributed by atoms with van der Waals surface area (Å²) in [4.78, 5) is 11.7. The molecule has 15 heavy (non-hydrogen) atoms. The van der Waals surface area contributed by atoms with Crippen molar-refractivity contribution in [3.05, 3.63) is 35.9 Å². The first-order chi connectivity index (χ1) is 7.34. The molecule has 2 heteroatoms. The summed E-state index contributed by atoms with van der Waals surface area (Å²) in [5.74, 6) is 0.941. The second-order valence-corrected chi connectivity index (χ2v) is 4.26. The van der Waals surface area contributed by atoms with Crippen LogP contribution in [0.25, 0.3) is 0 Å². The Bertz CT molecular complexity index is 315. The normalized spacial score (nSPS) is 20.4. The number of benzene rings is 1. The van der Waals surface area contributed by atoms with Crippen LogP contribution in [0.1, 0.15) is 18.4 Å². The lowest BCUT2D eigenvalue weighted by Gasteiger charge is -2.06. The predicted molar refractivity (Wildman–Crippen MR) is 60.7 cm³/mol. The van der Waals surface area contributed by atoms with Crippen molar-refractivity contribution in [1.29, 1.82) is 0 Å². The van der Waals surface area contributed by atoms with Gasteiger partial charge in [-0.3, -0.25) is 4.79 Å². The van der Waals surface area contributed by atoms with Crippen LogP contribution >= 0.6 is 0 Å². The number of carbonyl (C=O) groups is 1. The third kappa shape index (κ3) is 3.17. The highest BCUT2D eigenvalue weighted by Gasteiger charge is 2.17. The number of nitrogens with one attached hydrogen (secondary N) is 1. The maximum atomic E-state index is 11.7. The van der Waals surface area contributed by atoms with Crippen LogP contribution in [0.4, 0.5) is 0 Å². The van der Waals surface area contributed by atoms with Crippen molar-refractivity contribution in [2.45, 2.75) is 19.3 Å². The zero-order valence-electron chi connectivity index (χ0n) is 8.91. The first kappa shape index (κ1) is 10.4. The largest absolute Gasteiger partial charge is 0.316 e. The average Bonchev–Trinajstić information content (AvgIpc) is 2.71. The molecule has 1 saturated heterocycles. The minimum atomic E-state index is 0.370. The minimum Gasteiger partial charge on any atom is -0.316 e. The highest BCUT2D eigenvalue weighted by atomic mass is 16.1. The van der Waals surface area contributed by atoms with Crippen molar-refractivity contribution in [1.82, 2.24) is 5.32 Å². The van der Waals surface area contributed by atoms with Gasteiger partial charge in [-0.2, -0.15) is 0 Å². The zero-order valence-corrected chi connectivity index (χ0v) is 8.91. The fourth-order valence-corrected chi connectivity index (χ4v) is 2.11. The molecular formula is C13H17NO. The number of ketones is 1. The second kappa shape index (κ2) is 5.08. The molecule has 2 nitrogen and oxygen atoms in total. The lowest BCUT2D eigenvalue weighted by atomic mass is 9.98. The highest BCUT2D eigenvalue weighted by Crippen LogP contribution is 2.14. The van der Waals surface area contributed by atoms with Crippen molar-refractivity contribution >= 4 is 5.78 Å². The molecule has 0 aromatic heterocycles. The highest BCUT2D eigenvalue weighted by molar-refractivity contribution is 5.81. The minimum absolute atomic E-state index is 0.370. The molecule has 1 aliphatic heterocycles. The van der Waals surface area contributed by atoms with E-state index in [1.165, 1.54) is 0 Å². The van der Waals surface area contributed by atoms with Crippen LogP contribution in [0.3, 0.4) is 0 Å². The Morgan fingerprint density at radius 3 is 2.80 bits per heavy atom. The van der Waals surface area contributed by atoms with Gasteiger partial charge in [0.15, 0.2) is 0 Å². The summed E-state index contributed by atoms with van der Waals surface area (Å²) < 4.78 is 0. The summed E-state index contributed by atoms with van der Waals surface area (Å²) >= 11 is 0. The molecule has 0 radical (unpaired) electrons. The first-order valence-corrected chi connectivity index (χ1v) is 5.61. The zero-order chi connectivity index (χ0) is 10.5. The Labute approximate surface area is 90.7 Å². The van der Waals surface area contributed by atoms with Crippen LogP contribution in [-0.4, -0.2) is 18.9 Å². The van der Waals surface area contributed by atoms with Crippen LogP contribution in [0.5, 0.6) is 0 Å². The molecule has 0 aliphatic carbocycles. The maximum Gasteiger partial charge on any atom is 0.137 e. The molecule has 1 unspecified atom stereocenters. The van der Waals surface area contributed by atoms with Crippen molar-refractivity contribution in [2.24, 2.45) is 5.92 Å².